The number of imidazole rings is 1. The van der Waals surface area contributed by atoms with E-state index in [9.17, 15) is 9.59 Å². The van der Waals surface area contributed by atoms with Gasteiger partial charge in [-0.3, -0.25) is 4.79 Å². The van der Waals surface area contributed by atoms with Crippen molar-refractivity contribution in [2.45, 2.75) is 38.8 Å². The van der Waals surface area contributed by atoms with Crippen LogP contribution in [0.25, 0.3) is 0 Å². The first kappa shape index (κ1) is 19.1. The summed E-state index contributed by atoms with van der Waals surface area (Å²) in [7, 11) is 0. The van der Waals surface area contributed by atoms with Gasteiger partial charge in [-0.2, -0.15) is 0 Å². The van der Waals surface area contributed by atoms with Gasteiger partial charge in [0.1, 0.15) is 5.69 Å². The molecule has 0 aliphatic carbocycles. The van der Waals surface area contributed by atoms with E-state index >= 15 is 0 Å². The van der Waals surface area contributed by atoms with Crippen LogP contribution in [0.5, 0.6) is 0 Å². The molecule has 0 atom stereocenters. The van der Waals surface area contributed by atoms with E-state index in [2.05, 4.69) is 29.1 Å². The highest BCUT2D eigenvalue weighted by atomic mass is 32.2. The first-order valence-electron chi connectivity index (χ1n) is 8.34. The summed E-state index contributed by atoms with van der Waals surface area (Å²) in [6.07, 6.45) is 3.13. The first-order valence-corrected chi connectivity index (χ1v) is 9.33. The third kappa shape index (κ3) is 5.09. The number of amides is 1. The molecule has 0 radical (unpaired) electrons. The van der Waals surface area contributed by atoms with Crippen molar-refractivity contribution in [3.63, 3.8) is 0 Å². The molecule has 2 rings (SSSR count). The maximum absolute atomic E-state index is 12.3. The van der Waals surface area contributed by atoms with Crippen LogP contribution in [0.15, 0.2) is 29.6 Å². The highest BCUT2D eigenvalue weighted by molar-refractivity contribution is 7.99. The van der Waals surface area contributed by atoms with Crippen LogP contribution in [0, 0.1) is 0 Å². The fraction of sp³-hybridized carbons (Fsp3) is 0.389. The summed E-state index contributed by atoms with van der Waals surface area (Å²) >= 11 is 1.24. The monoisotopic (exact) mass is 361 g/mol. The van der Waals surface area contributed by atoms with Crippen LogP contribution < -0.4 is 5.32 Å². The number of esters is 1. The standard InChI is InChI=1S/C18H23N3O3S/c1-4-12-8-7-9-13(5-2)16(12)21-15(22)11-25-18-19-10-14(20-18)17(23)24-6-3/h7-10H,4-6,11H2,1-3H3,(H,19,20)(H,21,22). The number of aromatic nitrogens is 2. The highest BCUT2D eigenvalue weighted by Gasteiger charge is 2.13. The van der Waals surface area contributed by atoms with Gasteiger partial charge < -0.3 is 15.0 Å². The van der Waals surface area contributed by atoms with Gasteiger partial charge in [0.05, 0.1) is 18.6 Å². The van der Waals surface area contributed by atoms with Gasteiger partial charge in [-0.25, -0.2) is 9.78 Å². The van der Waals surface area contributed by atoms with E-state index in [-0.39, 0.29) is 17.4 Å². The van der Waals surface area contributed by atoms with E-state index in [1.807, 2.05) is 18.2 Å². The largest absolute Gasteiger partial charge is 0.461 e. The van der Waals surface area contributed by atoms with Crippen LogP contribution in [0.2, 0.25) is 0 Å². The number of nitrogens with one attached hydrogen (secondary N) is 2. The number of thioether (sulfide) groups is 1. The molecule has 0 aliphatic rings. The number of hydrogen-bond acceptors (Lipinski definition) is 5. The fourth-order valence-electron chi connectivity index (χ4n) is 2.40. The van der Waals surface area contributed by atoms with E-state index in [0.29, 0.717) is 11.8 Å². The molecule has 1 amide bonds. The predicted octanol–water partition coefficient (Wildman–Crippen LogP) is 3.44. The summed E-state index contributed by atoms with van der Waals surface area (Å²) in [6.45, 7) is 6.18. The van der Waals surface area contributed by atoms with Crippen molar-refractivity contribution in [2.24, 2.45) is 0 Å². The quantitative estimate of drug-likeness (QED) is 0.556. The summed E-state index contributed by atoms with van der Waals surface area (Å²) in [5.41, 5.74) is 3.44. The maximum atomic E-state index is 12.3. The zero-order valence-electron chi connectivity index (χ0n) is 14.7. The predicted molar refractivity (Wildman–Crippen MR) is 99.1 cm³/mol. The molecule has 1 aromatic heterocycles. The Morgan fingerprint density at radius 2 is 1.88 bits per heavy atom. The number of para-hydroxylation sites is 1. The van der Waals surface area contributed by atoms with Gasteiger partial charge in [0, 0.05) is 5.69 Å². The molecule has 0 bridgehead atoms. The Bertz CT molecular complexity index is 721. The minimum Gasteiger partial charge on any atom is -0.461 e. The second-order valence-electron chi connectivity index (χ2n) is 5.32. The van der Waals surface area contributed by atoms with Gasteiger partial charge in [-0.15, -0.1) is 0 Å². The SMILES string of the molecule is CCOC(=O)c1cnc(SCC(=O)Nc2c(CC)cccc2CC)[nH]1. The number of benzene rings is 1. The van der Waals surface area contributed by atoms with E-state index in [1.165, 1.54) is 18.0 Å². The van der Waals surface area contributed by atoms with E-state index in [0.717, 1.165) is 29.7 Å². The molecule has 25 heavy (non-hydrogen) atoms. The number of rotatable bonds is 8. The van der Waals surface area contributed by atoms with Gasteiger partial charge in [0.25, 0.3) is 0 Å². The van der Waals surface area contributed by atoms with Crippen molar-refractivity contribution >= 4 is 29.3 Å². The number of ether oxygens (including phenoxy) is 1. The van der Waals surface area contributed by atoms with Crippen LogP contribution in [-0.4, -0.2) is 34.2 Å². The Morgan fingerprint density at radius 3 is 2.48 bits per heavy atom. The number of aromatic amines is 1. The molecule has 0 saturated heterocycles. The summed E-state index contributed by atoms with van der Waals surface area (Å²) in [6, 6.07) is 6.07. The third-order valence-electron chi connectivity index (χ3n) is 3.65. The average molecular weight is 361 g/mol. The number of carbonyl (C=O) groups excluding carboxylic acids is 2. The number of H-pyrrole nitrogens is 1. The normalized spacial score (nSPS) is 10.5. The molecular formula is C18H23N3O3S. The van der Waals surface area contributed by atoms with E-state index in [1.54, 1.807) is 6.92 Å². The van der Waals surface area contributed by atoms with Gasteiger partial charge in [0.2, 0.25) is 5.91 Å². The number of anilines is 1. The molecule has 7 heteroatoms. The van der Waals surface area contributed by atoms with E-state index in [4.69, 9.17) is 4.74 Å². The second-order valence-corrected chi connectivity index (χ2v) is 6.28. The van der Waals surface area contributed by atoms with E-state index < -0.39 is 5.97 Å². The molecule has 1 aromatic carbocycles. The smallest absolute Gasteiger partial charge is 0.356 e. The molecule has 2 N–H and O–H groups in total. The van der Waals surface area contributed by atoms with Crippen LogP contribution in [-0.2, 0) is 22.4 Å². The molecule has 2 aromatic rings. The number of nitrogens with zero attached hydrogens (tertiary/aromatic N) is 1. The van der Waals surface area contributed by atoms with Gasteiger partial charge in [-0.1, -0.05) is 43.8 Å². The lowest BCUT2D eigenvalue weighted by Crippen LogP contribution is -2.16. The van der Waals surface area contributed by atoms with Crippen LogP contribution >= 0.6 is 11.8 Å². The Kier molecular flexibility index (Phi) is 7.06. The van der Waals surface area contributed by atoms with Crippen molar-refractivity contribution in [3.05, 3.63) is 41.2 Å². The topological polar surface area (TPSA) is 84.1 Å². The summed E-state index contributed by atoms with van der Waals surface area (Å²) in [5, 5.41) is 3.52. The lowest BCUT2D eigenvalue weighted by Gasteiger charge is -2.14. The van der Waals surface area contributed by atoms with Crippen LogP contribution in [0.1, 0.15) is 42.4 Å². The Balaban J connectivity index is 1.97. The van der Waals surface area contributed by atoms with Crippen molar-refractivity contribution < 1.29 is 14.3 Å². The average Bonchev–Trinajstić information content (AvgIpc) is 3.09. The molecule has 0 spiro atoms. The maximum Gasteiger partial charge on any atom is 0.356 e. The van der Waals surface area contributed by atoms with Gasteiger partial charge >= 0.3 is 5.97 Å². The van der Waals surface area contributed by atoms with Crippen LogP contribution in [0.4, 0.5) is 5.69 Å². The molecule has 1 heterocycles. The second kappa shape index (κ2) is 9.27. The van der Waals surface area contributed by atoms with Gasteiger partial charge in [0.15, 0.2) is 5.16 Å². The Hall–Kier alpha value is -2.28. The molecule has 6 nitrogen and oxygen atoms in total. The highest BCUT2D eigenvalue weighted by Crippen LogP contribution is 2.23. The minimum absolute atomic E-state index is 0.102. The molecule has 134 valence electrons. The zero-order valence-corrected chi connectivity index (χ0v) is 15.5. The Morgan fingerprint density at radius 1 is 1.20 bits per heavy atom. The molecular weight excluding hydrogens is 338 g/mol. The molecule has 0 fully saturated rings. The van der Waals surface area contributed by atoms with Crippen LogP contribution in [0.3, 0.4) is 0 Å². The van der Waals surface area contributed by atoms with Crippen molar-refractivity contribution in [2.75, 3.05) is 17.7 Å². The lowest BCUT2D eigenvalue weighted by molar-refractivity contribution is -0.113. The zero-order chi connectivity index (χ0) is 18.2. The van der Waals surface area contributed by atoms with Crippen molar-refractivity contribution in [3.8, 4) is 0 Å². The third-order valence-corrected chi connectivity index (χ3v) is 4.54. The van der Waals surface area contributed by atoms with Crippen molar-refractivity contribution in [1.82, 2.24) is 9.97 Å². The summed E-state index contributed by atoms with van der Waals surface area (Å²) < 4.78 is 4.90. The fourth-order valence-corrected chi connectivity index (χ4v) is 3.05. The number of hydrogen-bond donors (Lipinski definition) is 2. The molecule has 0 saturated carbocycles. The van der Waals surface area contributed by atoms with Gasteiger partial charge in [-0.05, 0) is 30.9 Å². The Labute approximate surface area is 151 Å². The summed E-state index contributed by atoms with van der Waals surface area (Å²) in [5.74, 6) is -0.345. The molecule has 0 aliphatic heterocycles. The number of aryl methyl sites for hydroxylation is 2. The minimum atomic E-state index is -0.448. The lowest BCUT2D eigenvalue weighted by atomic mass is 10.0. The first-order chi connectivity index (χ1) is 12.1. The van der Waals surface area contributed by atoms with Crippen molar-refractivity contribution in [1.29, 1.82) is 0 Å². The molecule has 0 unspecified atom stereocenters. The summed E-state index contributed by atoms with van der Waals surface area (Å²) in [4.78, 5) is 30.8. The number of carbonyl (C=O) groups is 2.